The van der Waals surface area contributed by atoms with Crippen LogP contribution in [0.1, 0.15) is 29.7 Å². The zero-order valence-corrected chi connectivity index (χ0v) is 20.0. The van der Waals surface area contributed by atoms with Crippen molar-refractivity contribution in [3.8, 4) is 10.6 Å². The van der Waals surface area contributed by atoms with Crippen LogP contribution >= 0.6 is 11.3 Å². The number of likely N-dealkylation sites (tertiary alicyclic amines) is 1. The second-order valence-electron chi connectivity index (χ2n) is 9.47. The summed E-state index contributed by atoms with van der Waals surface area (Å²) in [6.07, 6.45) is 2.15. The molecule has 2 aliphatic rings. The number of β-amino-alcohol motifs (C(OH)–C–C–N with tert-alkyl or cyclic N) is 1. The molecule has 8 heteroatoms. The van der Waals surface area contributed by atoms with E-state index >= 15 is 4.39 Å². The van der Waals surface area contributed by atoms with Gasteiger partial charge in [0.15, 0.2) is 5.60 Å². The number of esters is 1. The number of carbonyl (C=O) groups excluding carboxylic acids is 1. The lowest BCUT2D eigenvalue weighted by atomic mass is 9.92. The van der Waals surface area contributed by atoms with Gasteiger partial charge in [0.25, 0.3) is 0 Å². The molecular formula is C27H24FN3O3S. The Labute approximate surface area is 206 Å². The van der Waals surface area contributed by atoms with Gasteiger partial charge in [-0.25, -0.2) is 19.2 Å². The highest BCUT2D eigenvalue weighted by Crippen LogP contribution is 2.53. The summed E-state index contributed by atoms with van der Waals surface area (Å²) < 4.78 is 19.7. The number of thiazole rings is 1. The van der Waals surface area contributed by atoms with Gasteiger partial charge in [0.05, 0.1) is 12.8 Å². The lowest BCUT2D eigenvalue weighted by Gasteiger charge is -2.44. The highest BCUT2D eigenvalue weighted by atomic mass is 32.1. The SMILES string of the molecule is COC(=O)C1(O)CN(Cc2ccc(-c3nc4ccc(C5(c6ccccc6)CC5)nc4s3)c(F)c2)C1. The van der Waals surface area contributed by atoms with E-state index in [4.69, 9.17) is 4.98 Å². The second-order valence-corrected chi connectivity index (χ2v) is 10.4. The van der Waals surface area contributed by atoms with Crippen LogP contribution in [0.3, 0.4) is 0 Å². The third-order valence-corrected chi connectivity index (χ3v) is 8.03. The van der Waals surface area contributed by atoms with E-state index in [-0.39, 0.29) is 24.3 Å². The smallest absolute Gasteiger partial charge is 0.340 e. The zero-order chi connectivity index (χ0) is 24.2. The fraction of sp³-hybridized carbons (Fsp3) is 0.296. The largest absolute Gasteiger partial charge is 0.467 e. The van der Waals surface area contributed by atoms with E-state index < -0.39 is 11.6 Å². The molecule has 1 saturated heterocycles. The molecule has 35 heavy (non-hydrogen) atoms. The summed E-state index contributed by atoms with van der Waals surface area (Å²) in [6.45, 7) is 0.765. The van der Waals surface area contributed by atoms with Crippen molar-refractivity contribution in [1.29, 1.82) is 0 Å². The fourth-order valence-electron chi connectivity index (χ4n) is 4.99. The summed E-state index contributed by atoms with van der Waals surface area (Å²) in [5.41, 5.74) is 2.80. The zero-order valence-electron chi connectivity index (χ0n) is 19.2. The molecule has 2 fully saturated rings. The van der Waals surface area contributed by atoms with Crippen molar-refractivity contribution in [1.82, 2.24) is 14.9 Å². The molecule has 0 unspecified atom stereocenters. The normalized spacial score (nSPS) is 18.3. The van der Waals surface area contributed by atoms with Crippen molar-refractivity contribution in [3.63, 3.8) is 0 Å². The molecule has 0 spiro atoms. The Balaban J connectivity index is 1.22. The van der Waals surface area contributed by atoms with Crippen LogP contribution in [0.4, 0.5) is 4.39 Å². The van der Waals surface area contributed by atoms with Crippen LogP contribution in [0, 0.1) is 5.82 Å². The van der Waals surface area contributed by atoms with Crippen LogP contribution in [-0.4, -0.2) is 51.7 Å². The number of methoxy groups -OCH3 is 1. The van der Waals surface area contributed by atoms with Gasteiger partial charge in [0.1, 0.15) is 21.2 Å². The number of fused-ring (bicyclic) bond motifs is 1. The molecule has 4 aromatic rings. The summed E-state index contributed by atoms with van der Waals surface area (Å²) in [5, 5.41) is 10.8. The Bertz CT molecular complexity index is 1430. The molecule has 1 aliphatic carbocycles. The highest BCUT2D eigenvalue weighted by Gasteiger charge is 2.49. The number of rotatable bonds is 6. The summed E-state index contributed by atoms with van der Waals surface area (Å²) >= 11 is 1.40. The van der Waals surface area contributed by atoms with Gasteiger partial charge < -0.3 is 9.84 Å². The minimum Gasteiger partial charge on any atom is -0.467 e. The van der Waals surface area contributed by atoms with Crippen LogP contribution in [0.2, 0.25) is 0 Å². The predicted octanol–water partition coefficient (Wildman–Crippen LogP) is 4.30. The Hall–Kier alpha value is -3.20. The predicted molar refractivity (Wildman–Crippen MR) is 132 cm³/mol. The van der Waals surface area contributed by atoms with Gasteiger partial charge in [0, 0.05) is 30.6 Å². The molecule has 0 bridgehead atoms. The number of carbonyl (C=O) groups is 1. The molecule has 0 radical (unpaired) electrons. The summed E-state index contributed by atoms with van der Waals surface area (Å²) in [6, 6.07) is 19.6. The first kappa shape index (κ1) is 22.3. The number of aliphatic hydroxyl groups is 1. The Morgan fingerprint density at radius 3 is 2.57 bits per heavy atom. The minimum absolute atomic E-state index is 0.0244. The molecule has 3 heterocycles. The fourth-order valence-corrected chi connectivity index (χ4v) is 5.95. The standard InChI is InChI=1S/C27H24FN3O3S/c1-34-25(32)27(33)15-31(16-27)14-17-7-8-19(20(28)13-17)23-29-21-9-10-22(30-24(21)35-23)26(11-12-26)18-5-3-2-4-6-18/h2-10,13,33H,11-12,14-16H2,1H3. The molecule has 0 atom stereocenters. The number of aromatic nitrogens is 2. The van der Waals surface area contributed by atoms with E-state index in [1.165, 1.54) is 30.1 Å². The minimum atomic E-state index is -1.47. The number of benzene rings is 2. The van der Waals surface area contributed by atoms with E-state index in [2.05, 4.69) is 34.0 Å². The number of ether oxygens (including phenoxy) is 1. The molecule has 0 amide bonds. The Morgan fingerprint density at radius 2 is 1.89 bits per heavy atom. The maximum atomic E-state index is 15.1. The number of pyridine rings is 1. The van der Waals surface area contributed by atoms with Crippen molar-refractivity contribution < 1.29 is 19.0 Å². The Morgan fingerprint density at radius 1 is 1.11 bits per heavy atom. The first-order valence-electron chi connectivity index (χ1n) is 11.6. The van der Waals surface area contributed by atoms with Crippen molar-refractivity contribution in [2.24, 2.45) is 0 Å². The first-order valence-corrected chi connectivity index (χ1v) is 12.4. The van der Waals surface area contributed by atoms with Gasteiger partial charge in [-0.3, -0.25) is 4.90 Å². The van der Waals surface area contributed by atoms with E-state index in [1.807, 2.05) is 29.2 Å². The van der Waals surface area contributed by atoms with Gasteiger partial charge in [-0.05, 0) is 48.2 Å². The van der Waals surface area contributed by atoms with Crippen molar-refractivity contribution in [2.75, 3.05) is 20.2 Å². The molecule has 1 saturated carbocycles. The van der Waals surface area contributed by atoms with E-state index in [9.17, 15) is 9.90 Å². The third-order valence-electron chi connectivity index (χ3n) is 7.03. The average Bonchev–Trinajstić information content (AvgIpc) is 3.56. The Kier molecular flexibility index (Phi) is 5.21. The van der Waals surface area contributed by atoms with Gasteiger partial charge in [-0.1, -0.05) is 47.7 Å². The van der Waals surface area contributed by atoms with Gasteiger partial charge >= 0.3 is 5.97 Å². The lowest BCUT2D eigenvalue weighted by molar-refractivity contribution is -0.182. The summed E-state index contributed by atoms with van der Waals surface area (Å²) in [4.78, 5) is 23.9. The molecule has 2 aromatic carbocycles. The number of halogens is 1. The monoisotopic (exact) mass is 489 g/mol. The van der Waals surface area contributed by atoms with Crippen molar-refractivity contribution in [3.05, 3.63) is 83.3 Å². The second kappa shape index (κ2) is 8.19. The maximum absolute atomic E-state index is 15.1. The van der Waals surface area contributed by atoms with E-state index in [1.54, 1.807) is 6.07 Å². The third kappa shape index (κ3) is 3.82. The van der Waals surface area contributed by atoms with E-state index in [0.717, 1.165) is 34.4 Å². The number of hydrogen-bond donors (Lipinski definition) is 1. The molecule has 2 aromatic heterocycles. The topological polar surface area (TPSA) is 75.6 Å². The molecular weight excluding hydrogens is 465 g/mol. The van der Waals surface area contributed by atoms with Gasteiger partial charge in [-0.15, -0.1) is 0 Å². The highest BCUT2D eigenvalue weighted by molar-refractivity contribution is 7.21. The lowest BCUT2D eigenvalue weighted by Crippen LogP contribution is -2.65. The molecule has 178 valence electrons. The van der Waals surface area contributed by atoms with E-state index in [0.29, 0.717) is 17.1 Å². The molecule has 1 N–H and O–H groups in total. The maximum Gasteiger partial charge on any atom is 0.340 e. The summed E-state index contributed by atoms with van der Waals surface area (Å²) in [5.74, 6) is -0.993. The van der Waals surface area contributed by atoms with Crippen molar-refractivity contribution in [2.45, 2.75) is 30.4 Å². The van der Waals surface area contributed by atoms with Crippen LogP contribution in [0.5, 0.6) is 0 Å². The quantitative estimate of drug-likeness (QED) is 0.407. The molecule has 6 rings (SSSR count). The average molecular weight is 490 g/mol. The van der Waals surface area contributed by atoms with Gasteiger partial charge in [-0.2, -0.15) is 0 Å². The first-order chi connectivity index (χ1) is 16.9. The van der Waals surface area contributed by atoms with Crippen LogP contribution in [-0.2, 0) is 21.5 Å². The molecule has 6 nitrogen and oxygen atoms in total. The summed E-state index contributed by atoms with van der Waals surface area (Å²) in [7, 11) is 1.25. The number of nitrogens with zero attached hydrogens (tertiary/aromatic N) is 3. The van der Waals surface area contributed by atoms with Crippen LogP contribution < -0.4 is 0 Å². The van der Waals surface area contributed by atoms with Crippen LogP contribution in [0.15, 0.2) is 60.7 Å². The van der Waals surface area contributed by atoms with Gasteiger partial charge in [0.2, 0.25) is 0 Å². The molecule has 1 aliphatic heterocycles. The number of hydrogen-bond acceptors (Lipinski definition) is 7. The van der Waals surface area contributed by atoms with Crippen molar-refractivity contribution >= 4 is 27.7 Å². The van der Waals surface area contributed by atoms with Crippen LogP contribution in [0.25, 0.3) is 20.9 Å².